The molecule has 0 amide bonds. The lowest BCUT2D eigenvalue weighted by atomic mass is 10.2. The Morgan fingerprint density at radius 2 is 2.62 bits per heavy atom. The molecule has 1 aliphatic rings. The number of nitrogens with one attached hydrogen (secondary N) is 1. The average Bonchev–Trinajstić information content (AvgIpc) is 2.12. The van der Waals surface area contributed by atoms with Crippen molar-refractivity contribution >= 4 is 5.78 Å². The van der Waals surface area contributed by atoms with E-state index in [0.717, 1.165) is 6.54 Å². The second-order valence-corrected chi connectivity index (χ2v) is 1.92. The Kier molecular flexibility index (Phi) is 1.44. The number of Topliss-reactive ketones (excluding diaryl/α,β-unsaturated/α-hetero) is 1. The summed E-state index contributed by atoms with van der Waals surface area (Å²) in [4.78, 5) is 10.5. The zero-order chi connectivity index (χ0) is 5.98. The summed E-state index contributed by atoms with van der Waals surface area (Å²) in [7, 11) is 0. The molecule has 1 rings (SSSR count). The van der Waals surface area contributed by atoms with E-state index in [2.05, 4.69) is 5.32 Å². The van der Waals surface area contributed by atoms with Crippen LogP contribution in [0.5, 0.6) is 0 Å². The van der Waals surface area contributed by atoms with Gasteiger partial charge >= 0.3 is 0 Å². The molecule has 1 N–H and O–H groups in total. The van der Waals surface area contributed by atoms with Gasteiger partial charge in [-0.2, -0.15) is 0 Å². The maximum Gasteiger partial charge on any atom is 0.150 e. The Labute approximate surface area is 48.6 Å². The molecule has 2 nitrogen and oxygen atoms in total. The van der Waals surface area contributed by atoms with Gasteiger partial charge < -0.3 is 5.32 Å². The van der Waals surface area contributed by atoms with Crippen molar-refractivity contribution in [2.45, 2.75) is 13.0 Å². The Morgan fingerprint density at radius 1 is 1.88 bits per heavy atom. The molecular formula is C6H9NO. The van der Waals surface area contributed by atoms with E-state index in [-0.39, 0.29) is 11.8 Å². The van der Waals surface area contributed by atoms with E-state index in [4.69, 9.17) is 0 Å². The first-order chi connectivity index (χ1) is 3.80. The Bertz CT molecular complexity index is 128. The van der Waals surface area contributed by atoms with Crippen molar-refractivity contribution in [1.29, 1.82) is 0 Å². The van der Waals surface area contributed by atoms with E-state index in [1.165, 1.54) is 0 Å². The van der Waals surface area contributed by atoms with E-state index in [1.54, 1.807) is 6.92 Å². The maximum atomic E-state index is 10.5. The summed E-state index contributed by atoms with van der Waals surface area (Å²) in [6.07, 6.45) is 3.86. The highest BCUT2D eigenvalue weighted by molar-refractivity contribution is 5.83. The lowest BCUT2D eigenvalue weighted by Crippen LogP contribution is -2.28. The lowest BCUT2D eigenvalue weighted by molar-refractivity contribution is -0.117. The molecule has 1 atom stereocenters. The number of rotatable bonds is 1. The Hall–Kier alpha value is -0.630. The van der Waals surface area contributed by atoms with Gasteiger partial charge in [-0.3, -0.25) is 4.79 Å². The minimum atomic E-state index is -0.00463. The number of carbonyl (C=O) groups is 1. The minimum absolute atomic E-state index is 0.00463. The third-order valence-electron chi connectivity index (χ3n) is 1.22. The third-order valence-corrected chi connectivity index (χ3v) is 1.22. The van der Waals surface area contributed by atoms with Crippen LogP contribution in [-0.4, -0.2) is 18.4 Å². The number of hydrogen-bond donors (Lipinski definition) is 1. The number of hydrogen-bond acceptors (Lipinski definition) is 2. The van der Waals surface area contributed by atoms with Crippen molar-refractivity contribution in [2.75, 3.05) is 6.54 Å². The fraction of sp³-hybridized carbons (Fsp3) is 0.500. The van der Waals surface area contributed by atoms with Gasteiger partial charge in [-0.1, -0.05) is 12.2 Å². The molecule has 0 aromatic carbocycles. The van der Waals surface area contributed by atoms with E-state index in [1.807, 2.05) is 12.2 Å². The summed E-state index contributed by atoms with van der Waals surface area (Å²) in [5, 5.41) is 3.00. The van der Waals surface area contributed by atoms with Gasteiger partial charge in [0, 0.05) is 6.54 Å². The van der Waals surface area contributed by atoms with Crippen LogP contribution in [0.15, 0.2) is 12.2 Å². The fourth-order valence-electron chi connectivity index (χ4n) is 0.746. The zero-order valence-corrected chi connectivity index (χ0v) is 4.85. The monoisotopic (exact) mass is 111 g/mol. The molecule has 0 saturated heterocycles. The largest absolute Gasteiger partial charge is 0.301 e. The quantitative estimate of drug-likeness (QED) is 0.486. The van der Waals surface area contributed by atoms with Crippen molar-refractivity contribution in [3.8, 4) is 0 Å². The first-order valence-electron chi connectivity index (χ1n) is 2.71. The molecule has 0 aromatic rings. The first-order valence-corrected chi connectivity index (χ1v) is 2.71. The van der Waals surface area contributed by atoms with Gasteiger partial charge in [0.05, 0.1) is 6.04 Å². The topological polar surface area (TPSA) is 29.1 Å². The van der Waals surface area contributed by atoms with Crippen LogP contribution in [0.2, 0.25) is 0 Å². The van der Waals surface area contributed by atoms with Crippen molar-refractivity contribution in [1.82, 2.24) is 5.32 Å². The molecule has 2 heteroatoms. The summed E-state index contributed by atoms with van der Waals surface area (Å²) < 4.78 is 0. The fourth-order valence-corrected chi connectivity index (χ4v) is 0.746. The second-order valence-electron chi connectivity index (χ2n) is 1.92. The highest BCUT2D eigenvalue weighted by Crippen LogP contribution is 1.94. The number of ketones is 1. The molecule has 44 valence electrons. The predicted octanol–water partition coefficient (Wildman–Crippen LogP) is 0.103. The molecule has 0 aliphatic carbocycles. The average molecular weight is 111 g/mol. The van der Waals surface area contributed by atoms with Crippen LogP contribution in [0.4, 0.5) is 0 Å². The van der Waals surface area contributed by atoms with Crippen LogP contribution < -0.4 is 5.32 Å². The SMILES string of the molecule is CC(=O)[C@H]1C=CCN1. The van der Waals surface area contributed by atoms with Gasteiger partial charge in [-0.15, -0.1) is 0 Å². The molecule has 8 heavy (non-hydrogen) atoms. The van der Waals surface area contributed by atoms with Gasteiger partial charge in [-0.25, -0.2) is 0 Å². The molecule has 0 bridgehead atoms. The summed E-state index contributed by atoms with van der Waals surface area (Å²) in [6, 6.07) is -0.00463. The van der Waals surface area contributed by atoms with Gasteiger partial charge in [0.1, 0.15) is 0 Å². The Balaban J connectivity index is 2.48. The molecule has 0 saturated carbocycles. The van der Waals surface area contributed by atoms with Gasteiger partial charge in [0.15, 0.2) is 5.78 Å². The normalized spacial score (nSPS) is 26.4. The van der Waals surface area contributed by atoms with Crippen LogP contribution in [0.1, 0.15) is 6.92 Å². The summed E-state index contributed by atoms with van der Waals surface area (Å²) in [5.74, 6) is 0.193. The third kappa shape index (κ3) is 0.954. The van der Waals surface area contributed by atoms with E-state index < -0.39 is 0 Å². The van der Waals surface area contributed by atoms with Crippen molar-refractivity contribution in [2.24, 2.45) is 0 Å². The predicted molar refractivity (Wildman–Crippen MR) is 31.6 cm³/mol. The van der Waals surface area contributed by atoms with Gasteiger partial charge in [0.2, 0.25) is 0 Å². The molecule has 0 aromatic heterocycles. The molecule has 0 spiro atoms. The zero-order valence-electron chi connectivity index (χ0n) is 4.85. The molecule has 1 aliphatic heterocycles. The minimum Gasteiger partial charge on any atom is -0.301 e. The summed E-state index contributed by atoms with van der Waals surface area (Å²) >= 11 is 0. The van der Waals surface area contributed by atoms with Crippen LogP contribution in [0.3, 0.4) is 0 Å². The highest BCUT2D eigenvalue weighted by atomic mass is 16.1. The van der Waals surface area contributed by atoms with E-state index >= 15 is 0 Å². The van der Waals surface area contributed by atoms with Crippen LogP contribution in [0.25, 0.3) is 0 Å². The van der Waals surface area contributed by atoms with Crippen LogP contribution in [-0.2, 0) is 4.79 Å². The smallest absolute Gasteiger partial charge is 0.150 e. The lowest BCUT2D eigenvalue weighted by Gasteiger charge is -2.00. The standard InChI is InChI=1S/C6H9NO/c1-5(8)6-3-2-4-7-6/h2-3,6-7H,4H2,1H3/t6-/m1/s1. The maximum absolute atomic E-state index is 10.5. The molecule has 1 heterocycles. The number of carbonyl (C=O) groups excluding carboxylic acids is 1. The van der Waals surface area contributed by atoms with Crippen molar-refractivity contribution < 1.29 is 4.79 Å². The highest BCUT2D eigenvalue weighted by Gasteiger charge is 2.11. The molecule has 0 unspecified atom stereocenters. The van der Waals surface area contributed by atoms with E-state index in [9.17, 15) is 4.79 Å². The second kappa shape index (κ2) is 2.09. The van der Waals surface area contributed by atoms with Gasteiger partial charge in [-0.05, 0) is 6.92 Å². The molecule has 0 fully saturated rings. The van der Waals surface area contributed by atoms with Crippen molar-refractivity contribution in [3.05, 3.63) is 12.2 Å². The molecular weight excluding hydrogens is 102 g/mol. The molecule has 0 radical (unpaired) electrons. The first kappa shape index (κ1) is 5.51. The Morgan fingerprint density at radius 3 is 2.88 bits per heavy atom. The van der Waals surface area contributed by atoms with Crippen LogP contribution >= 0.6 is 0 Å². The van der Waals surface area contributed by atoms with Crippen LogP contribution in [0, 0.1) is 0 Å². The summed E-state index contributed by atoms with van der Waals surface area (Å²) in [6.45, 7) is 2.43. The summed E-state index contributed by atoms with van der Waals surface area (Å²) in [5.41, 5.74) is 0. The van der Waals surface area contributed by atoms with Crippen molar-refractivity contribution in [3.63, 3.8) is 0 Å². The van der Waals surface area contributed by atoms with Gasteiger partial charge in [0.25, 0.3) is 0 Å². The van der Waals surface area contributed by atoms with E-state index in [0.29, 0.717) is 0 Å².